The summed E-state index contributed by atoms with van der Waals surface area (Å²) in [5.41, 5.74) is 6.76. The van der Waals surface area contributed by atoms with Crippen LogP contribution in [0.5, 0.6) is 0 Å². The molecule has 0 saturated carbocycles. The molecule has 0 atom stereocenters. The predicted octanol–water partition coefficient (Wildman–Crippen LogP) is 3.48. The molecular formula is C14H18BrFN2S. The number of halogens is 2. The largest absolute Gasteiger partial charge is 0.393 e. The number of piperidine rings is 1. The maximum Gasteiger partial charge on any atom is 0.137 e. The smallest absolute Gasteiger partial charge is 0.137 e. The van der Waals surface area contributed by atoms with Gasteiger partial charge in [-0.15, -0.1) is 0 Å². The van der Waals surface area contributed by atoms with Crippen LogP contribution in [-0.4, -0.2) is 23.0 Å². The van der Waals surface area contributed by atoms with E-state index in [4.69, 9.17) is 18.0 Å². The molecule has 1 saturated heterocycles. The van der Waals surface area contributed by atoms with Gasteiger partial charge in [0.25, 0.3) is 0 Å². The Bertz CT molecular complexity index is 484. The molecule has 1 fully saturated rings. The van der Waals surface area contributed by atoms with Crippen molar-refractivity contribution in [3.8, 4) is 0 Å². The molecule has 0 aliphatic carbocycles. The van der Waals surface area contributed by atoms with Crippen molar-refractivity contribution in [2.75, 3.05) is 13.1 Å². The fourth-order valence-electron chi connectivity index (χ4n) is 2.36. The zero-order valence-electron chi connectivity index (χ0n) is 11.0. The quantitative estimate of drug-likeness (QED) is 0.851. The summed E-state index contributed by atoms with van der Waals surface area (Å²) >= 11 is 8.45. The first-order valence-electron chi connectivity index (χ1n) is 6.37. The summed E-state index contributed by atoms with van der Waals surface area (Å²) in [5, 5.41) is 0. The Labute approximate surface area is 127 Å². The molecule has 1 heterocycles. The lowest BCUT2D eigenvalue weighted by molar-refractivity contribution is 0.157. The van der Waals surface area contributed by atoms with Crippen LogP contribution in [0.4, 0.5) is 4.39 Å². The van der Waals surface area contributed by atoms with Crippen LogP contribution in [0.15, 0.2) is 22.7 Å². The molecular weight excluding hydrogens is 327 g/mol. The first-order chi connectivity index (χ1) is 8.92. The van der Waals surface area contributed by atoms with E-state index in [1.165, 1.54) is 6.07 Å². The monoisotopic (exact) mass is 344 g/mol. The fraction of sp³-hybridized carbons (Fsp3) is 0.500. The second-order valence-electron chi connectivity index (χ2n) is 5.41. The van der Waals surface area contributed by atoms with E-state index in [9.17, 15) is 4.39 Å². The van der Waals surface area contributed by atoms with E-state index < -0.39 is 0 Å². The highest BCUT2D eigenvalue weighted by Gasteiger charge is 2.32. The minimum absolute atomic E-state index is 0.0228. The molecule has 1 aromatic rings. The normalized spacial score (nSPS) is 19.3. The van der Waals surface area contributed by atoms with Gasteiger partial charge in [0.05, 0.1) is 9.46 Å². The van der Waals surface area contributed by atoms with Crippen LogP contribution in [0.2, 0.25) is 0 Å². The van der Waals surface area contributed by atoms with E-state index in [-0.39, 0.29) is 11.2 Å². The van der Waals surface area contributed by atoms with Gasteiger partial charge in [-0.25, -0.2) is 4.39 Å². The highest BCUT2D eigenvalue weighted by Crippen LogP contribution is 2.32. The molecule has 0 unspecified atom stereocenters. The minimum Gasteiger partial charge on any atom is -0.393 e. The van der Waals surface area contributed by atoms with Crippen LogP contribution < -0.4 is 5.73 Å². The third kappa shape index (κ3) is 3.33. The van der Waals surface area contributed by atoms with Crippen molar-refractivity contribution < 1.29 is 4.39 Å². The van der Waals surface area contributed by atoms with Gasteiger partial charge in [-0.1, -0.05) is 31.3 Å². The van der Waals surface area contributed by atoms with Crippen molar-refractivity contribution in [1.82, 2.24) is 4.90 Å². The molecule has 2 rings (SSSR count). The molecule has 104 valence electrons. The Morgan fingerprint density at radius 1 is 1.47 bits per heavy atom. The highest BCUT2D eigenvalue weighted by molar-refractivity contribution is 9.10. The van der Waals surface area contributed by atoms with Crippen LogP contribution in [-0.2, 0) is 6.54 Å². The van der Waals surface area contributed by atoms with Gasteiger partial charge in [0.1, 0.15) is 5.82 Å². The number of nitrogens with two attached hydrogens (primary N) is 1. The molecule has 2 nitrogen and oxygen atoms in total. The minimum atomic E-state index is -0.206. The molecule has 2 N–H and O–H groups in total. The van der Waals surface area contributed by atoms with Gasteiger partial charge in [-0.3, -0.25) is 4.90 Å². The zero-order valence-corrected chi connectivity index (χ0v) is 13.4. The standard InChI is InChI=1S/C14H18BrFN2S/c1-14(13(17)19)5-7-18(8-6-14)9-10-3-2-4-11(16)12(10)15/h2-4H,5-9H2,1H3,(H2,17,19). The Kier molecular flexibility index (Phi) is 4.58. The molecule has 0 radical (unpaired) electrons. The number of rotatable bonds is 3. The number of thiocarbonyl (C=S) groups is 1. The number of hydrogen-bond donors (Lipinski definition) is 1. The molecule has 1 aromatic carbocycles. The zero-order chi connectivity index (χ0) is 14.0. The predicted molar refractivity (Wildman–Crippen MR) is 83.5 cm³/mol. The number of hydrogen-bond acceptors (Lipinski definition) is 2. The topological polar surface area (TPSA) is 29.3 Å². The molecule has 19 heavy (non-hydrogen) atoms. The van der Waals surface area contributed by atoms with E-state index in [1.54, 1.807) is 6.07 Å². The Morgan fingerprint density at radius 3 is 2.68 bits per heavy atom. The summed E-state index contributed by atoms with van der Waals surface area (Å²) in [6.45, 7) is 4.77. The lowest BCUT2D eigenvalue weighted by Crippen LogP contribution is -2.44. The van der Waals surface area contributed by atoms with E-state index >= 15 is 0 Å². The lowest BCUT2D eigenvalue weighted by Gasteiger charge is -2.38. The molecule has 1 aliphatic rings. The number of benzene rings is 1. The lowest BCUT2D eigenvalue weighted by atomic mass is 9.80. The number of nitrogens with zero attached hydrogens (tertiary/aromatic N) is 1. The van der Waals surface area contributed by atoms with Crippen molar-refractivity contribution in [1.29, 1.82) is 0 Å². The van der Waals surface area contributed by atoms with E-state index in [1.807, 2.05) is 6.07 Å². The summed E-state index contributed by atoms with van der Waals surface area (Å²) in [7, 11) is 0. The maximum absolute atomic E-state index is 13.5. The molecule has 0 spiro atoms. The van der Waals surface area contributed by atoms with Crippen LogP contribution >= 0.6 is 28.1 Å². The second-order valence-corrected chi connectivity index (χ2v) is 6.65. The molecule has 0 amide bonds. The molecule has 0 aromatic heterocycles. The van der Waals surface area contributed by atoms with Gasteiger partial charge in [0, 0.05) is 12.0 Å². The summed E-state index contributed by atoms with van der Waals surface area (Å²) in [6.07, 6.45) is 1.94. The second kappa shape index (κ2) is 5.85. The van der Waals surface area contributed by atoms with Crippen LogP contribution in [0, 0.1) is 11.2 Å². The van der Waals surface area contributed by atoms with Crippen molar-refractivity contribution in [3.05, 3.63) is 34.1 Å². The molecule has 5 heteroatoms. The SMILES string of the molecule is CC1(C(N)=S)CCN(Cc2cccc(F)c2Br)CC1. The van der Waals surface area contributed by atoms with Gasteiger partial charge in [-0.05, 0) is 53.5 Å². The fourth-order valence-corrected chi connectivity index (χ4v) is 2.96. The van der Waals surface area contributed by atoms with Crippen LogP contribution in [0.1, 0.15) is 25.3 Å². The van der Waals surface area contributed by atoms with Gasteiger partial charge >= 0.3 is 0 Å². The Hall–Kier alpha value is -0.520. The van der Waals surface area contributed by atoms with Crippen LogP contribution in [0.3, 0.4) is 0 Å². The number of likely N-dealkylation sites (tertiary alicyclic amines) is 1. The molecule has 1 aliphatic heterocycles. The van der Waals surface area contributed by atoms with E-state index in [2.05, 4.69) is 27.8 Å². The van der Waals surface area contributed by atoms with Crippen LogP contribution in [0.25, 0.3) is 0 Å². The summed E-state index contributed by atoms with van der Waals surface area (Å²) < 4.78 is 14.0. The van der Waals surface area contributed by atoms with Gasteiger partial charge in [-0.2, -0.15) is 0 Å². The van der Waals surface area contributed by atoms with Gasteiger partial charge in [0.2, 0.25) is 0 Å². The van der Waals surface area contributed by atoms with Crippen molar-refractivity contribution >= 4 is 33.1 Å². The van der Waals surface area contributed by atoms with E-state index in [0.717, 1.165) is 38.0 Å². The average molecular weight is 345 g/mol. The van der Waals surface area contributed by atoms with E-state index in [0.29, 0.717) is 9.46 Å². The van der Waals surface area contributed by atoms with Crippen molar-refractivity contribution in [2.24, 2.45) is 11.1 Å². The summed E-state index contributed by atoms with van der Waals surface area (Å²) in [6, 6.07) is 5.17. The van der Waals surface area contributed by atoms with Gasteiger partial charge in [0.15, 0.2) is 0 Å². The maximum atomic E-state index is 13.5. The Morgan fingerprint density at radius 2 is 2.11 bits per heavy atom. The average Bonchev–Trinajstić information content (AvgIpc) is 2.37. The summed E-state index contributed by atoms with van der Waals surface area (Å²) in [5.74, 6) is -0.206. The Balaban J connectivity index is 2.00. The first-order valence-corrected chi connectivity index (χ1v) is 7.58. The molecule has 0 bridgehead atoms. The van der Waals surface area contributed by atoms with Gasteiger partial charge < -0.3 is 5.73 Å². The summed E-state index contributed by atoms with van der Waals surface area (Å²) in [4.78, 5) is 2.93. The highest BCUT2D eigenvalue weighted by atomic mass is 79.9. The third-order valence-corrected chi connectivity index (χ3v) is 5.36. The third-order valence-electron chi connectivity index (χ3n) is 3.98. The first kappa shape index (κ1) is 14.9. The van der Waals surface area contributed by atoms with Crippen molar-refractivity contribution in [3.63, 3.8) is 0 Å². The van der Waals surface area contributed by atoms with Crippen molar-refractivity contribution in [2.45, 2.75) is 26.3 Å².